The van der Waals surface area contributed by atoms with Crippen LogP contribution in [0.3, 0.4) is 0 Å². The van der Waals surface area contributed by atoms with Gasteiger partial charge in [-0.15, -0.1) is 11.3 Å². The van der Waals surface area contributed by atoms with E-state index in [0.29, 0.717) is 18.7 Å². The summed E-state index contributed by atoms with van der Waals surface area (Å²) in [5.74, 6) is -0.0716. The summed E-state index contributed by atoms with van der Waals surface area (Å²) in [7, 11) is 1.41. The maximum Gasteiger partial charge on any atom is 0.314 e. The van der Waals surface area contributed by atoms with Crippen molar-refractivity contribution in [2.24, 2.45) is 5.41 Å². The monoisotopic (exact) mass is 346 g/mol. The van der Waals surface area contributed by atoms with E-state index in [0.717, 1.165) is 18.5 Å². The zero-order valence-corrected chi connectivity index (χ0v) is 14.1. The van der Waals surface area contributed by atoms with Crippen LogP contribution in [-0.2, 0) is 16.0 Å². The molecule has 4 heterocycles. The second-order valence-corrected chi connectivity index (χ2v) is 7.12. The molecule has 24 heavy (non-hydrogen) atoms. The second kappa shape index (κ2) is 5.70. The number of amides is 1. The lowest BCUT2D eigenvalue weighted by atomic mass is 9.71. The van der Waals surface area contributed by atoms with Crippen LogP contribution in [0.25, 0.3) is 0 Å². The van der Waals surface area contributed by atoms with E-state index < -0.39 is 5.41 Å². The Morgan fingerprint density at radius 3 is 3.00 bits per heavy atom. The number of nitrogens with zero attached hydrogens (tertiary/aromatic N) is 3. The number of ether oxygens (including phenoxy) is 1. The van der Waals surface area contributed by atoms with Crippen molar-refractivity contribution in [1.29, 1.82) is 0 Å². The van der Waals surface area contributed by atoms with Gasteiger partial charge in [-0.2, -0.15) is 0 Å². The number of hydrogen-bond donors (Lipinski definition) is 1. The van der Waals surface area contributed by atoms with Gasteiger partial charge < -0.3 is 14.6 Å². The van der Waals surface area contributed by atoms with Gasteiger partial charge in [0, 0.05) is 36.3 Å². The number of carbonyl (C=O) groups excluding carboxylic acids is 2. The van der Waals surface area contributed by atoms with Gasteiger partial charge in [-0.25, -0.2) is 9.97 Å². The van der Waals surface area contributed by atoms with Gasteiger partial charge in [0.15, 0.2) is 5.82 Å². The Balaban J connectivity index is 1.69. The van der Waals surface area contributed by atoms with Crippen LogP contribution in [0.4, 0.5) is 0 Å². The molecule has 0 spiro atoms. The highest BCUT2D eigenvalue weighted by Gasteiger charge is 2.62. The molecule has 2 saturated heterocycles. The summed E-state index contributed by atoms with van der Waals surface area (Å²) in [5, 5.41) is 1.95. The third-order valence-corrected chi connectivity index (χ3v) is 5.88. The fourth-order valence-corrected chi connectivity index (χ4v) is 4.89. The number of esters is 1. The molecule has 0 radical (unpaired) electrons. The standard InChI is InChI=1S/C16H18N4O3S/c1-23-15(22)16(6-10-8-24-9-19-10)7-11-2-3-12(16)20(11)14(21)13-17-4-5-18-13/h4-5,8-9,11-12H,2-3,6-7H2,1H3,(H,17,18)/t11-,12+,16+/m1/s1. The van der Waals surface area contributed by atoms with E-state index in [2.05, 4.69) is 15.0 Å². The van der Waals surface area contributed by atoms with Gasteiger partial charge in [-0.3, -0.25) is 9.59 Å². The van der Waals surface area contributed by atoms with Crippen molar-refractivity contribution in [2.45, 2.75) is 37.8 Å². The molecule has 2 aliphatic heterocycles. The summed E-state index contributed by atoms with van der Waals surface area (Å²) in [6, 6.07) is -0.125. The smallest absolute Gasteiger partial charge is 0.314 e. The van der Waals surface area contributed by atoms with Gasteiger partial charge in [-0.1, -0.05) is 0 Å². The summed E-state index contributed by atoms with van der Waals surface area (Å²) in [4.78, 5) is 38.6. The van der Waals surface area contributed by atoms with Gasteiger partial charge >= 0.3 is 5.97 Å². The fraction of sp³-hybridized carbons (Fsp3) is 0.500. The largest absolute Gasteiger partial charge is 0.469 e. The minimum Gasteiger partial charge on any atom is -0.469 e. The van der Waals surface area contributed by atoms with Crippen LogP contribution in [0.15, 0.2) is 23.3 Å². The number of aromatic amines is 1. The van der Waals surface area contributed by atoms with Crippen molar-refractivity contribution >= 4 is 23.2 Å². The third-order valence-electron chi connectivity index (χ3n) is 5.25. The molecule has 2 fully saturated rings. The van der Waals surface area contributed by atoms with E-state index in [1.807, 2.05) is 10.3 Å². The van der Waals surface area contributed by atoms with Crippen LogP contribution in [0.2, 0.25) is 0 Å². The molecular formula is C16H18N4O3S. The maximum atomic E-state index is 12.8. The van der Waals surface area contributed by atoms with Gasteiger partial charge in [0.2, 0.25) is 0 Å². The summed E-state index contributed by atoms with van der Waals surface area (Å²) in [6.45, 7) is 0. The van der Waals surface area contributed by atoms with Crippen molar-refractivity contribution < 1.29 is 14.3 Å². The number of imidazole rings is 1. The fourth-order valence-electron chi connectivity index (χ4n) is 4.33. The summed E-state index contributed by atoms with van der Waals surface area (Å²) >= 11 is 1.51. The number of fused-ring (bicyclic) bond motifs is 2. The first-order chi connectivity index (χ1) is 11.7. The first-order valence-electron chi connectivity index (χ1n) is 7.93. The minimum absolute atomic E-state index is 0.0466. The maximum absolute atomic E-state index is 12.8. The number of methoxy groups -OCH3 is 1. The molecular weight excluding hydrogens is 328 g/mol. The van der Waals surface area contributed by atoms with E-state index >= 15 is 0 Å². The molecule has 0 unspecified atom stereocenters. The Morgan fingerprint density at radius 2 is 2.33 bits per heavy atom. The number of rotatable bonds is 4. The summed E-state index contributed by atoms with van der Waals surface area (Å²) in [5.41, 5.74) is 1.93. The van der Waals surface area contributed by atoms with E-state index in [-0.39, 0.29) is 24.0 Å². The number of H-pyrrole nitrogens is 1. The molecule has 2 bridgehead atoms. The van der Waals surface area contributed by atoms with Gasteiger partial charge in [0.1, 0.15) is 0 Å². The predicted molar refractivity (Wildman–Crippen MR) is 86.5 cm³/mol. The van der Waals surface area contributed by atoms with Crippen LogP contribution in [0.5, 0.6) is 0 Å². The quantitative estimate of drug-likeness (QED) is 0.851. The summed E-state index contributed by atoms with van der Waals surface area (Å²) < 4.78 is 5.13. The van der Waals surface area contributed by atoms with Crippen LogP contribution >= 0.6 is 11.3 Å². The lowest BCUT2D eigenvalue weighted by molar-refractivity contribution is -0.154. The zero-order valence-electron chi connectivity index (χ0n) is 13.3. The van der Waals surface area contributed by atoms with E-state index in [1.54, 1.807) is 17.9 Å². The molecule has 2 aromatic rings. The van der Waals surface area contributed by atoms with Gasteiger partial charge in [0.25, 0.3) is 5.91 Å². The Kier molecular flexibility index (Phi) is 3.64. The molecule has 126 valence electrons. The molecule has 8 heteroatoms. The molecule has 3 atom stereocenters. The van der Waals surface area contributed by atoms with Crippen molar-refractivity contribution in [3.8, 4) is 0 Å². The average Bonchev–Trinajstić information content (AvgIpc) is 3.36. The lowest BCUT2D eigenvalue weighted by Gasteiger charge is -2.34. The Bertz CT molecular complexity index is 745. The van der Waals surface area contributed by atoms with E-state index in [9.17, 15) is 9.59 Å². The molecule has 2 aromatic heterocycles. The number of carbonyl (C=O) groups is 2. The van der Waals surface area contributed by atoms with Crippen LogP contribution in [0.1, 0.15) is 35.6 Å². The summed E-state index contributed by atoms with van der Waals surface area (Å²) in [6.07, 6.45) is 6.03. The lowest BCUT2D eigenvalue weighted by Crippen LogP contribution is -2.47. The Hall–Kier alpha value is -2.22. The number of hydrogen-bond acceptors (Lipinski definition) is 6. The molecule has 4 rings (SSSR count). The molecule has 0 saturated carbocycles. The first kappa shape index (κ1) is 15.3. The Morgan fingerprint density at radius 1 is 1.46 bits per heavy atom. The third kappa shape index (κ3) is 2.16. The molecule has 1 N–H and O–H groups in total. The van der Waals surface area contributed by atoms with E-state index in [4.69, 9.17) is 4.74 Å². The highest BCUT2D eigenvalue weighted by Crippen LogP contribution is 2.52. The number of nitrogens with one attached hydrogen (secondary N) is 1. The van der Waals surface area contributed by atoms with Crippen molar-refractivity contribution in [3.63, 3.8) is 0 Å². The average molecular weight is 346 g/mol. The normalized spacial score (nSPS) is 28.3. The first-order valence-corrected chi connectivity index (χ1v) is 8.87. The molecule has 0 aromatic carbocycles. The number of aromatic nitrogens is 3. The minimum atomic E-state index is -0.714. The van der Waals surface area contributed by atoms with Crippen molar-refractivity contribution in [1.82, 2.24) is 19.9 Å². The van der Waals surface area contributed by atoms with Gasteiger partial charge in [-0.05, 0) is 19.3 Å². The van der Waals surface area contributed by atoms with Gasteiger partial charge in [0.05, 0.1) is 23.7 Å². The van der Waals surface area contributed by atoms with Crippen molar-refractivity contribution in [2.75, 3.05) is 7.11 Å². The number of thiazole rings is 1. The Labute approximate surface area is 143 Å². The topological polar surface area (TPSA) is 88.2 Å². The molecule has 0 aliphatic carbocycles. The molecule has 7 nitrogen and oxygen atoms in total. The molecule has 1 amide bonds. The van der Waals surface area contributed by atoms with Crippen LogP contribution < -0.4 is 0 Å². The van der Waals surface area contributed by atoms with Crippen LogP contribution in [-0.4, -0.2) is 50.9 Å². The highest BCUT2D eigenvalue weighted by molar-refractivity contribution is 7.07. The van der Waals surface area contributed by atoms with Crippen molar-refractivity contribution in [3.05, 3.63) is 34.8 Å². The highest BCUT2D eigenvalue weighted by atomic mass is 32.1. The zero-order chi connectivity index (χ0) is 16.7. The predicted octanol–water partition coefficient (Wildman–Crippen LogP) is 1.65. The molecule has 2 aliphatic rings. The second-order valence-electron chi connectivity index (χ2n) is 6.41. The van der Waals surface area contributed by atoms with E-state index in [1.165, 1.54) is 18.4 Å². The van der Waals surface area contributed by atoms with Crippen LogP contribution in [0, 0.1) is 5.41 Å². The SMILES string of the molecule is COC(=O)[C@@]1(Cc2cscn2)C[C@H]2CC[C@@H]1N2C(=O)c1ncc[nH]1.